The summed E-state index contributed by atoms with van der Waals surface area (Å²) in [5.74, 6) is 0.268. The molecule has 3 aliphatic rings. The quantitative estimate of drug-likeness (QED) is 0.773. The normalized spacial score (nSPS) is 33.9. The van der Waals surface area contributed by atoms with E-state index in [4.69, 9.17) is 4.74 Å². The number of nitrogens with zero attached hydrogens (tertiary/aromatic N) is 2. The van der Waals surface area contributed by atoms with Gasteiger partial charge in [0.25, 0.3) is 0 Å². The minimum absolute atomic E-state index is 0.0232. The Bertz CT molecular complexity index is 444. The Balaban J connectivity index is 1.49. The predicted molar refractivity (Wildman–Crippen MR) is 78.9 cm³/mol. The third kappa shape index (κ3) is 3.99. The molecule has 3 rings (SSSR count). The highest BCUT2D eigenvalue weighted by molar-refractivity contribution is 5.80. The molecule has 0 N–H and O–H groups in total. The summed E-state index contributed by atoms with van der Waals surface area (Å²) >= 11 is 0. The van der Waals surface area contributed by atoms with E-state index in [2.05, 4.69) is 0 Å². The number of hydrogen-bond donors (Lipinski definition) is 0. The molecule has 0 spiro atoms. The van der Waals surface area contributed by atoms with E-state index in [0.29, 0.717) is 26.2 Å². The van der Waals surface area contributed by atoms with Crippen molar-refractivity contribution in [2.45, 2.75) is 51.0 Å². The van der Waals surface area contributed by atoms with E-state index in [1.165, 1.54) is 4.90 Å². The van der Waals surface area contributed by atoms with Crippen LogP contribution in [0, 0.1) is 11.8 Å². The first-order valence-corrected chi connectivity index (χ1v) is 8.59. The zero-order chi connectivity index (χ0) is 16.6. The largest absolute Gasteiger partial charge is 0.401 e. The van der Waals surface area contributed by atoms with E-state index >= 15 is 0 Å². The van der Waals surface area contributed by atoms with Gasteiger partial charge in [0.2, 0.25) is 5.91 Å². The maximum atomic E-state index is 12.6. The second-order valence-electron chi connectivity index (χ2n) is 7.10. The second kappa shape index (κ2) is 6.59. The van der Waals surface area contributed by atoms with Gasteiger partial charge in [-0.25, -0.2) is 0 Å². The molecule has 0 aromatic heterocycles. The lowest BCUT2D eigenvalue weighted by Crippen LogP contribution is -2.40. The van der Waals surface area contributed by atoms with E-state index in [0.717, 1.165) is 25.7 Å². The highest BCUT2D eigenvalue weighted by Gasteiger charge is 2.46. The number of halogens is 3. The van der Waals surface area contributed by atoms with Crippen LogP contribution >= 0.6 is 0 Å². The van der Waals surface area contributed by atoms with Gasteiger partial charge in [-0.15, -0.1) is 0 Å². The number of carbonyl (C=O) groups is 1. The van der Waals surface area contributed by atoms with Gasteiger partial charge in [-0.2, -0.15) is 13.2 Å². The van der Waals surface area contributed by atoms with Crippen LogP contribution < -0.4 is 0 Å². The second-order valence-corrected chi connectivity index (χ2v) is 7.10. The number of likely N-dealkylation sites (tertiary alicyclic amines) is 1. The van der Waals surface area contributed by atoms with Gasteiger partial charge in [-0.3, -0.25) is 9.69 Å². The van der Waals surface area contributed by atoms with Crippen molar-refractivity contribution >= 4 is 5.91 Å². The van der Waals surface area contributed by atoms with Crippen molar-refractivity contribution < 1.29 is 22.7 Å². The van der Waals surface area contributed by atoms with Crippen molar-refractivity contribution in [2.24, 2.45) is 11.8 Å². The molecule has 0 aliphatic carbocycles. The zero-order valence-corrected chi connectivity index (χ0v) is 13.5. The Morgan fingerprint density at radius 2 is 2.09 bits per heavy atom. The third-order valence-electron chi connectivity index (χ3n) is 5.39. The fourth-order valence-electron chi connectivity index (χ4n) is 4.24. The summed E-state index contributed by atoms with van der Waals surface area (Å²) in [5, 5.41) is 0. The highest BCUT2D eigenvalue weighted by atomic mass is 19.4. The van der Waals surface area contributed by atoms with Gasteiger partial charge in [-0.1, -0.05) is 6.92 Å². The molecule has 4 atom stereocenters. The molecule has 3 fully saturated rings. The van der Waals surface area contributed by atoms with Crippen LogP contribution in [-0.4, -0.2) is 66.8 Å². The van der Waals surface area contributed by atoms with Crippen molar-refractivity contribution in [3.63, 3.8) is 0 Å². The molecule has 23 heavy (non-hydrogen) atoms. The van der Waals surface area contributed by atoms with Crippen LogP contribution in [0.3, 0.4) is 0 Å². The number of fused-ring (bicyclic) bond motifs is 2. The third-order valence-corrected chi connectivity index (χ3v) is 5.39. The number of alkyl halides is 3. The molecule has 0 saturated carbocycles. The summed E-state index contributed by atoms with van der Waals surface area (Å²) < 4.78 is 43.4. The topological polar surface area (TPSA) is 32.8 Å². The lowest BCUT2D eigenvalue weighted by atomic mass is 9.88. The van der Waals surface area contributed by atoms with Crippen LogP contribution in [0.15, 0.2) is 0 Å². The molecule has 3 saturated heterocycles. The summed E-state index contributed by atoms with van der Waals surface area (Å²) in [7, 11) is 0. The van der Waals surface area contributed by atoms with Gasteiger partial charge in [-0.05, 0) is 38.1 Å². The first kappa shape index (κ1) is 17.0. The fraction of sp³-hybridized carbons (Fsp3) is 0.938. The summed E-state index contributed by atoms with van der Waals surface area (Å²) in [5.41, 5.74) is 0. The van der Waals surface area contributed by atoms with Crippen LogP contribution in [-0.2, 0) is 9.53 Å². The molecule has 0 radical (unpaired) electrons. The van der Waals surface area contributed by atoms with Gasteiger partial charge in [0, 0.05) is 19.6 Å². The molecule has 0 aromatic rings. The first-order chi connectivity index (χ1) is 10.9. The maximum absolute atomic E-state index is 12.6. The molecule has 0 aromatic carbocycles. The summed E-state index contributed by atoms with van der Waals surface area (Å²) in [4.78, 5) is 15.9. The van der Waals surface area contributed by atoms with Gasteiger partial charge in [0.15, 0.2) is 0 Å². The van der Waals surface area contributed by atoms with Crippen molar-refractivity contribution in [1.82, 2.24) is 9.80 Å². The number of rotatable bonds is 5. The SMILES string of the molecule is CCN(C[C@@H]1CCN(C(=O)[C@@H]2C[C@@H]3CC[C@@H]2O3)C1)CC(F)(F)F. The lowest BCUT2D eigenvalue weighted by Gasteiger charge is -2.26. The monoisotopic (exact) mass is 334 g/mol. The van der Waals surface area contributed by atoms with Crippen molar-refractivity contribution in [2.75, 3.05) is 32.7 Å². The standard InChI is InChI=1S/C16H25F3N2O2/c1-2-20(10-16(17,18)19)8-11-5-6-21(9-11)15(22)13-7-12-3-4-14(13)23-12/h11-14H,2-10H2,1H3/t11-,12-,13+,14-/m0/s1. The number of hydrogen-bond acceptors (Lipinski definition) is 3. The van der Waals surface area contributed by atoms with Crippen molar-refractivity contribution in [3.8, 4) is 0 Å². The van der Waals surface area contributed by atoms with E-state index in [1.807, 2.05) is 4.90 Å². The fourth-order valence-corrected chi connectivity index (χ4v) is 4.24. The molecule has 132 valence electrons. The summed E-state index contributed by atoms with van der Waals surface area (Å²) in [6.07, 6.45) is -0.210. The predicted octanol–water partition coefficient (Wildman–Crippen LogP) is 2.29. The number of ether oxygens (including phenoxy) is 1. The molecule has 2 bridgehead atoms. The Hall–Kier alpha value is -0.820. The first-order valence-electron chi connectivity index (χ1n) is 8.59. The Morgan fingerprint density at radius 1 is 1.30 bits per heavy atom. The van der Waals surface area contributed by atoms with Crippen molar-refractivity contribution in [3.05, 3.63) is 0 Å². The van der Waals surface area contributed by atoms with Crippen LogP contribution in [0.4, 0.5) is 13.2 Å². The van der Waals surface area contributed by atoms with E-state index in [9.17, 15) is 18.0 Å². The van der Waals surface area contributed by atoms with E-state index in [-0.39, 0.29) is 30.0 Å². The van der Waals surface area contributed by atoms with Crippen LogP contribution in [0.5, 0.6) is 0 Å². The molecule has 1 amide bonds. The number of amides is 1. The van der Waals surface area contributed by atoms with Crippen LogP contribution in [0.1, 0.15) is 32.6 Å². The summed E-state index contributed by atoms with van der Waals surface area (Å²) in [6, 6.07) is 0. The molecule has 4 nitrogen and oxygen atoms in total. The van der Waals surface area contributed by atoms with Crippen LogP contribution in [0.25, 0.3) is 0 Å². The van der Waals surface area contributed by atoms with E-state index < -0.39 is 12.7 Å². The van der Waals surface area contributed by atoms with Crippen molar-refractivity contribution in [1.29, 1.82) is 0 Å². The Labute approximate surface area is 134 Å². The average molecular weight is 334 g/mol. The summed E-state index contributed by atoms with van der Waals surface area (Å²) in [6.45, 7) is 2.92. The van der Waals surface area contributed by atoms with E-state index in [1.54, 1.807) is 6.92 Å². The Kier molecular flexibility index (Phi) is 4.88. The van der Waals surface area contributed by atoms with Crippen LogP contribution in [0.2, 0.25) is 0 Å². The zero-order valence-electron chi connectivity index (χ0n) is 13.5. The molecular weight excluding hydrogens is 309 g/mol. The van der Waals surface area contributed by atoms with Gasteiger partial charge in [0.1, 0.15) is 0 Å². The van der Waals surface area contributed by atoms with Gasteiger partial charge >= 0.3 is 6.18 Å². The average Bonchev–Trinajstić information content (AvgIpc) is 3.20. The minimum Gasteiger partial charge on any atom is -0.374 e. The highest BCUT2D eigenvalue weighted by Crippen LogP contribution is 2.40. The minimum atomic E-state index is -4.16. The smallest absolute Gasteiger partial charge is 0.374 e. The molecular formula is C16H25F3N2O2. The Morgan fingerprint density at radius 3 is 2.65 bits per heavy atom. The maximum Gasteiger partial charge on any atom is 0.401 e. The van der Waals surface area contributed by atoms with Gasteiger partial charge < -0.3 is 9.64 Å². The molecule has 3 aliphatic heterocycles. The molecule has 3 heterocycles. The van der Waals surface area contributed by atoms with Gasteiger partial charge in [0.05, 0.1) is 24.7 Å². The molecule has 0 unspecified atom stereocenters. The lowest BCUT2D eigenvalue weighted by molar-refractivity contribution is -0.147. The number of carbonyl (C=O) groups excluding carboxylic acids is 1. The molecule has 7 heteroatoms.